The summed E-state index contributed by atoms with van der Waals surface area (Å²) in [6, 6.07) is 6.77. The minimum absolute atomic E-state index is 0.108. The van der Waals surface area contributed by atoms with Crippen LogP contribution in [0.5, 0.6) is 0 Å². The maximum atomic E-state index is 12.0. The number of halogens is 1. The normalized spacial score (nSPS) is 12.3. The van der Waals surface area contributed by atoms with Gasteiger partial charge in [0.05, 0.1) is 6.10 Å². The van der Waals surface area contributed by atoms with E-state index in [-0.39, 0.29) is 24.7 Å². The molecule has 0 fully saturated rings. The molecule has 0 radical (unpaired) electrons. The summed E-state index contributed by atoms with van der Waals surface area (Å²) in [5.41, 5.74) is 0.0841. The molecule has 1 atom stereocenters. The fourth-order valence-corrected chi connectivity index (χ4v) is 2.43. The van der Waals surface area contributed by atoms with Gasteiger partial charge in [-0.25, -0.2) is 4.79 Å². The van der Waals surface area contributed by atoms with Gasteiger partial charge in [0.25, 0.3) is 5.56 Å². The highest BCUT2D eigenvalue weighted by Gasteiger charge is 2.15. The molecule has 0 aliphatic carbocycles. The minimum atomic E-state index is -0.826. The number of aliphatic hydroxyl groups excluding tert-OH is 1. The monoisotopic (exact) mass is 362 g/mol. The third-order valence-corrected chi connectivity index (χ3v) is 3.93. The predicted octanol–water partition coefficient (Wildman–Crippen LogP) is 1.21. The van der Waals surface area contributed by atoms with Gasteiger partial charge in [0.15, 0.2) is 5.82 Å². The largest absolute Gasteiger partial charge is 0.388 e. The van der Waals surface area contributed by atoms with Crippen LogP contribution in [0.1, 0.15) is 28.9 Å². The van der Waals surface area contributed by atoms with Crippen LogP contribution >= 0.6 is 11.6 Å². The molecule has 0 amide bonds. The Balaban J connectivity index is 1.75. The van der Waals surface area contributed by atoms with E-state index in [0.29, 0.717) is 16.1 Å². The average Bonchev–Trinajstić information content (AvgIpc) is 3.03. The molecule has 3 aromatic rings. The smallest absolute Gasteiger partial charge is 0.328 e. The summed E-state index contributed by atoms with van der Waals surface area (Å²) >= 11 is 5.82. The van der Waals surface area contributed by atoms with Crippen LogP contribution in [0.25, 0.3) is 0 Å². The van der Waals surface area contributed by atoms with Crippen molar-refractivity contribution in [1.82, 2.24) is 19.7 Å². The summed E-state index contributed by atoms with van der Waals surface area (Å²) in [5.74, 6) is 0.381. The van der Waals surface area contributed by atoms with Crippen molar-refractivity contribution in [1.29, 1.82) is 0 Å². The van der Waals surface area contributed by atoms with Gasteiger partial charge in [-0.2, -0.15) is 4.98 Å². The van der Waals surface area contributed by atoms with Crippen LogP contribution in [0.2, 0.25) is 5.02 Å². The molecule has 0 unspecified atom stereocenters. The highest BCUT2D eigenvalue weighted by Crippen LogP contribution is 2.19. The lowest BCUT2D eigenvalue weighted by Crippen LogP contribution is -2.36. The molecule has 0 saturated carbocycles. The summed E-state index contributed by atoms with van der Waals surface area (Å²) in [5, 5.41) is 14.6. The van der Waals surface area contributed by atoms with E-state index in [1.807, 2.05) is 0 Å². The second-order valence-corrected chi connectivity index (χ2v) is 5.98. The van der Waals surface area contributed by atoms with E-state index >= 15 is 0 Å². The van der Waals surface area contributed by atoms with Crippen molar-refractivity contribution in [3.8, 4) is 0 Å². The summed E-state index contributed by atoms with van der Waals surface area (Å²) in [4.78, 5) is 30.3. The molecule has 9 heteroatoms. The molecule has 0 saturated heterocycles. The molecule has 0 aliphatic heterocycles. The van der Waals surface area contributed by atoms with Gasteiger partial charge in [0, 0.05) is 23.2 Å². The number of H-pyrrole nitrogens is 1. The number of aromatic nitrogens is 4. The third-order valence-electron chi connectivity index (χ3n) is 3.67. The van der Waals surface area contributed by atoms with Crippen molar-refractivity contribution < 1.29 is 9.63 Å². The first-order valence-electron chi connectivity index (χ1n) is 7.48. The van der Waals surface area contributed by atoms with Crippen LogP contribution in [0, 0.1) is 6.92 Å². The molecular weight excluding hydrogens is 348 g/mol. The van der Waals surface area contributed by atoms with Gasteiger partial charge in [0.2, 0.25) is 5.89 Å². The van der Waals surface area contributed by atoms with Crippen LogP contribution in [0.4, 0.5) is 0 Å². The topological polar surface area (TPSA) is 114 Å². The first-order valence-corrected chi connectivity index (χ1v) is 7.86. The standard InChI is InChI=1S/C16H15ClN4O4/c1-9-7-18-16(24)21(15(9)23)8-14-19-13(20-25-14)6-12(22)10-2-4-11(17)5-3-10/h2-5,7,12,22H,6,8H2,1H3,(H,18,24)/t12-/m0/s1. The Morgan fingerprint density at radius 1 is 1.32 bits per heavy atom. The molecular formula is C16H15ClN4O4. The van der Waals surface area contributed by atoms with Crippen molar-refractivity contribution >= 4 is 11.6 Å². The SMILES string of the molecule is Cc1c[nH]c(=O)n(Cc2nc(C[C@H](O)c3ccc(Cl)cc3)no2)c1=O. The molecule has 0 spiro atoms. The number of hydrogen-bond acceptors (Lipinski definition) is 6. The Morgan fingerprint density at radius 2 is 2.04 bits per heavy atom. The van der Waals surface area contributed by atoms with Gasteiger partial charge in [-0.15, -0.1) is 0 Å². The first kappa shape index (κ1) is 17.1. The number of nitrogens with zero attached hydrogens (tertiary/aromatic N) is 3. The number of aromatic amines is 1. The molecule has 0 bridgehead atoms. The lowest BCUT2D eigenvalue weighted by atomic mass is 10.1. The fraction of sp³-hybridized carbons (Fsp3) is 0.250. The lowest BCUT2D eigenvalue weighted by Gasteiger charge is -2.08. The van der Waals surface area contributed by atoms with Crippen molar-refractivity contribution in [2.75, 3.05) is 0 Å². The van der Waals surface area contributed by atoms with E-state index in [4.69, 9.17) is 16.1 Å². The quantitative estimate of drug-likeness (QED) is 0.705. The van der Waals surface area contributed by atoms with E-state index in [2.05, 4.69) is 15.1 Å². The molecule has 8 nitrogen and oxygen atoms in total. The van der Waals surface area contributed by atoms with Crippen molar-refractivity contribution in [2.24, 2.45) is 0 Å². The number of aryl methyl sites for hydroxylation is 1. The summed E-state index contributed by atoms with van der Waals surface area (Å²) in [6.45, 7) is 1.45. The van der Waals surface area contributed by atoms with Gasteiger partial charge in [-0.3, -0.25) is 9.36 Å². The molecule has 2 N–H and O–H groups in total. The zero-order valence-electron chi connectivity index (χ0n) is 13.3. The summed E-state index contributed by atoms with van der Waals surface area (Å²) in [6.07, 6.45) is 0.653. The third kappa shape index (κ3) is 3.86. The molecule has 2 aromatic heterocycles. The molecule has 1 aromatic carbocycles. The number of benzene rings is 1. The Morgan fingerprint density at radius 3 is 2.76 bits per heavy atom. The van der Waals surface area contributed by atoms with Gasteiger partial charge >= 0.3 is 5.69 Å². The highest BCUT2D eigenvalue weighted by molar-refractivity contribution is 6.30. The fourth-order valence-electron chi connectivity index (χ4n) is 2.31. The van der Waals surface area contributed by atoms with E-state index in [1.165, 1.54) is 6.20 Å². The van der Waals surface area contributed by atoms with Crippen molar-refractivity contribution in [3.63, 3.8) is 0 Å². The van der Waals surface area contributed by atoms with E-state index in [1.54, 1.807) is 31.2 Å². The Kier molecular flexibility index (Phi) is 4.82. The number of aliphatic hydroxyl groups is 1. The van der Waals surface area contributed by atoms with Gasteiger partial charge in [-0.1, -0.05) is 28.9 Å². The minimum Gasteiger partial charge on any atom is -0.388 e. The number of nitrogens with one attached hydrogen (secondary N) is 1. The maximum Gasteiger partial charge on any atom is 0.328 e. The van der Waals surface area contributed by atoms with Crippen LogP contribution in [-0.4, -0.2) is 24.8 Å². The Bertz CT molecular complexity index is 990. The summed E-state index contributed by atoms with van der Waals surface area (Å²) < 4.78 is 6.04. The molecule has 3 rings (SSSR count). The molecule has 0 aliphatic rings. The van der Waals surface area contributed by atoms with Crippen molar-refractivity contribution in [2.45, 2.75) is 26.0 Å². The van der Waals surface area contributed by atoms with E-state index in [9.17, 15) is 14.7 Å². The van der Waals surface area contributed by atoms with E-state index < -0.39 is 17.4 Å². The van der Waals surface area contributed by atoms with Crippen LogP contribution in [0.3, 0.4) is 0 Å². The first-order chi connectivity index (χ1) is 11.9. The molecule has 130 valence electrons. The van der Waals surface area contributed by atoms with Gasteiger partial charge < -0.3 is 14.6 Å². The van der Waals surface area contributed by atoms with Crippen LogP contribution in [-0.2, 0) is 13.0 Å². The number of rotatable bonds is 5. The van der Waals surface area contributed by atoms with Gasteiger partial charge in [0.1, 0.15) is 6.54 Å². The predicted molar refractivity (Wildman–Crippen MR) is 89.6 cm³/mol. The Labute approximate surface area is 146 Å². The molecule has 2 heterocycles. The zero-order valence-corrected chi connectivity index (χ0v) is 14.0. The van der Waals surface area contributed by atoms with Crippen LogP contribution in [0.15, 0.2) is 44.6 Å². The lowest BCUT2D eigenvalue weighted by molar-refractivity contribution is 0.174. The summed E-state index contributed by atoms with van der Waals surface area (Å²) in [7, 11) is 0. The van der Waals surface area contributed by atoms with Gasteiger partial charge in [-0.05, 0) is 24.6 Å². The molecule has 25 heavy (non-hydrogen) atoms. The number of hydrogen-bond donors (Lipinski definition) is 2. The highest BCUT2D eigenvalue weighted by atomic mass is 35.5. The second-order valence-electron chi connectivity index (χ2n) is 5.54. The second kappa shape index (κ2) is 7.04. The average molecular weight is 363 g/mol. The van der Waals surface area contributed by atoms with Crippen molar-refractivity contribution in [3.05, 3.63) is 79.2 Å². The maximum absolute atomic E-state index is 12.0. The Hall–Kier alpha value is -2.71. The van der Waals surface area contributed by atoms with Crippen LogP contribution < -0.4 is 11.2 Å². The van der Waals surface area contributed by atoms with E-state index in [0.717, 1.165) is 4.57 Å². The zero-order chi connectivity index (χ0) is 18.0.